The van der Waals surface area contributed by atoms with Crippen molar-refractivity contribution in [3.63, 3.8) is 0 Å². The summed E-state index contributed by atoms with van der Waals surface area (Å²) in [4.78, 5) is 11.2. The van der Waals surface area contributed by atoms with Crippen LogP contribution in [0.15, 0.2) is 18.2 Å². The van der Waals surface area contributed by atoms with Crippen molar-refractivity contribution >= 4 is 28.6 Å². The minimum atomic E-state index is -0.0947. The van der Waals surface area contributed by atoms with Crippen LogP contribution in [0.3, 0.4) is 0 Å². The molecule has 0 saturated heterocycles. The van der Waals surface area contributed by atoms with E-state index >= 15 is 0 Å². The van der Waals surface area contributed by atoms with Crippen LogP contribution < -0.4 is 4.74 Å². The first-order chi connectivity index (χ1) is 8.63. The molecule has 0 aromatic heterocycles. The number of halogens is 1. The molecule has 2 rings (SSSR count). The molecule has 4 heteroatoms. The number of hydrogen-bond donors (Lipinski definition) is 0. The topological polar surface area (TPSA) is 35.5 Å². The average Bonchev–Trinajstić information content (AvgIpc) is 2.32. The van der Waals surface area contributed by atoms with E-state index < -0.39 is 0 Å². The summed E-state index contributed by atoms with van der Waals surface area (Å²) in [7, 11) is 3.14. The number of carbonyl (C=O) groups is 1. The largest absolute Gasteiger partial charge is 0.496 e. The van der Waals surface area contributed by atoms with Gasteiger partial charge in [-0.05, 0) is 65.0 Å². The molecule has 1 aromatic carbocycles. The fourth-order valence-corrected chi connectivity index (χ4v) is 3.19. The van der Waals surface area contributed by atoms with Crippen LogP contribution in [0.4, 0.5) is 0 Å². The number of rotatable bonds is 4. The van der Waals surface area contributed by atoms with Crippen molar-refractivity contribution in [1.82, 2.24) is 0 Å². The first-order valence-corrected chi connectivity index (χ1v) is 7.12. The lowest BCUT2D eigenvalue weighted by molar-refractivity contribution is -0.142. The molecular weight excluding hydrogens is 343 g/mol. The molecule has 3 nitrogen and oxygen atoms in total. The molecule has 0 amide bonds. The van der Waals surface area contributed by atoms with E-state index in [4.69, 9.17) is 9.47 Å². The summed E-state index contributed by atoms with van der Waals surface area (Å²) in [6, 6.07) is 6.32. The van der Waals surface area contributed by atoms with E-state index in [2.05, 4.69) is 34.7 Å². The normalized spacial score (nSPS) is 22.2. The average molecular weight is 360 g/mol. The second-order valence-electron chi connectivity index (χ2n) is 4.71. The fourth-order valence-electron chi connectivity index (χ4n) is 2.43. The molecule has 1 aliphatic carbocycles. The fraction of sp³-hybridized carbons (Fsp3) is 0.500. The summed E-state index contributed by atoms with van der Waals surface area (Å²) < 4.78 is 11.1. The third-order valence-corrected chi connectivity index (χ3v) is 4.41. The Morgan fingerprint density at radius 3 is 2.67 bits per heavy atom. The molecule has 0 N–H and O–H groups in total. The third kappa shape index (κ3) is 2.96. The van der Waals surface area contributed by atoms with E-state index in [0.717, 1.165) is 22.2 Å². The van der Waals surface area contributed by atoms with Gasteiger partial charge in [0.1, 0.15) is 5.75 Å². The van der Waals surface area contributed by atoms with Crippen molar-refractivity contribution in [2.24, 2.45) is 5.92 Å². The molecule has 0 radical (unpaired) electrons. The van der Waals surface area contributed by atoms with E-state index in [0.29, 0.717) is 18.3 Å². The summed E-state index contributed by atoms with van der Waals surface area (Å²) in [6.45, 7) is 0. The van der Waals surface area contributed by atoms with Crippen LogP contribution in [0.1, 0.15) is 30.7 Å². The molecule has 0 unspecified atom stereocenters. The lowest BCUT2D eigenvalue weighted by Gasteiger charge is -2.35. The van der Waals surface area contributed by atoms with Crippen molar-refractivity contribution in [3.05, 3.63) is 27.3 Å². The van der Waals surface area contributed by atoms with E-state index in [1.165, 1.54) is 12.7 Å². The number of esters is 1. The molecule has 1 aromatic rings. The molecule has 1 fully saturated rings. The first-order valence-electron chi connectivity index (χ1n) is 6.04. The van der Waals surface area contributed by atoms with Gasteiger partial charge in [-0.1, -0.05) is 6.07 Å². The highest BCUT2D eigenvalue weighted by molar-refractivity contribution is 14.1. The SMILES string of the molecule is COC(=O)CC1CC(c2ccc(OC)c(I)c2)C1. The van der Waals surface area contributed by atoms with Gasteiger partial charge in [0, 0.05) is 6.42 Å². The number of carbonyl (C=O) groups excluding carboxylic acids is 1. The van der Waals surface area contributed by atoms with Crippen molar-refractivity contribution < 1.29 is 14.3 Å². The van der Waals surface area contributed by atoms with Crippen LogP contribution in [0.25, 0.3) is 0 Å². The summed E-state index contributed by atoms with van der Waals surface area (Å²) >= 11 is 2.29. The molecule has 1 aliphatic rings. The quantitative estimate of drug-likeness (QED) is 0.610. The smallest absolute Gasteiger partial charge is 0.305 e. The summed E-state index contributed by atoms with van der Waals surface area (Å²) in [6.07, 6.45) is 2.72. The number of benzene rings is 1. The Morgan fingerprint density at radius 2 is 2.11 bits per heavy atom. The highest BCUT2D eigenvalue weighted by Gasteiger charge is 2.32. The first kappa shape index (κ1) is 13.6. The number of hydrogen-bond acceptors (Lipinski definition) is 3. The van der Waals surface area contributed by atoms with Gasteiger partial charge in [-0.15, -0.1) is 0 Å². The van der Waals surface area contributed by atoms with Gasteiger partial charge in [0.25, 0.3) is 0 Å². The number of ether oxygens (including phenoxy) is 2. The second-order valence-corrected chi connectivity index (χ2v) is 5.87. The summed E-state index contributed by atoms with van der Waals surface area (Å²) in [5.74, 6) is 1.90. The number of methoxy groups -OCH3 is 2. The molecule has 0 aliphatic heterocycles. The molecular formula is C14H17IO3. The predicted molar refractivity (Wildman–Crippen MR) is 77.8 cm³/mol. The van der Waals surface area contributed by atoms with Crippen LogP contribution >= 0.6 is 22.6 Å². The van der Waals surface area contributed by atoms with Gasteiger partial charge in [-0.2, -0.15) is 0 Å². The van der Waals surface area contributed by atoms with Gasteiger partial charge in [0.2, 0.25) is 0 Å². The maximum absolute atomic E-state index is 11.2. The molecule has 98 valence electrons. The Balaban J connectivity index is 1.92. The Labute approximate surface area is 121 Å². The Kier molecular flexibility index (Phi) is 4.48. The zero-order valence-electron chi connectivity index (χ0n) is 10.6. The minimum Gasteiger partial charge on any atom is -0.496 e. The minimum absolute atomic E-state index is 0.0947. The van der Waals surface area contributed by atoms with Crippen molar-refractivity contribution in [2.45, 2.75) is 25.2 Å². The van der Waals surface area contributed by atoms with Gasteiger partial charge in [-0.3, -0.25) is 4.79 Å². The van der Waals surface area contributed by atoms with Gasteiger partial charge in [0.05, 0.1) is 17.8 Å². The Bertz CT molecular complexity index is 439. The lowest BCUT2D eigenvalue weighted by atomic mass is 9.70. The summed E-state index contributed by atoms with van der Waals surface area (Å²) in [5, 5.41) is 0. The van der Waals surface area contributed by atoms with Crippen molar-refractivity contribution in [1.29, 1.82) is 0 Å². The van der Waals surface area contributed by atoms with Crippen molar-refractivity contribution in [2.75, 3.05) is 14.2 Å². The zero-order valence-corrected chi connectivity index (χ0v) is 12.8. The van der Waals surface area contributed by atoms with Gasteiger partial charge < -0.3 is 9.47 Å². The van der Waals surface area contributed by atoms with E-state index in [1.54, 1.807) is 7.11 Å². The Morgan fingerprint density at radius 1 is 1.39 bits per heavy atom. The highest BCUT2D eigenvalue weighted by atomic mass is 127. The van der Waals surface area contributed by atoms with Crippen LogP contribution in [0, 0.1) is 9.49 Å². The lowest BCUT2D eigenvalue weighted by Crippen LogP contribution is -2.24. The molecule has 18 heavy (non-hydrogen) atoms. The predicted octanol–water partition coefficient (Wildman–Crippen LogP) is 3.36. The molecule has 0 heterocycles. The van der Waals surface area contributed by atoms with E-state index in [-0.39, 0.29) is 5.97 Å². The van der Waals surface area contributed by atoms with E-state index in [1.807, 2.05) is 6.07 Å². The third-order valence-electron chi connectivity index (χ3n) is 3.57. The van der Waals surface area contributed by atoms with Crippen molar-refractivity contribution in [3.8, 4) is 5.75 Å². The Hall–Kier alpha value is -0.780. The standard InChI is InChI=1S/C14H17IO3/c1-17-13-4-3-10(8-12(13)15)11-5-9(6-11)7-14(16)18-2/h3-4,8-9,11H,5-7H2,1-2H3. The van der Waals surface area contributed by atoms with E-state index in [9.17, 15) is 4.79 Å². The monoisotopic (exact) mass is 360 g/mol. The van der Waals surface area contributed by atoms with Crippen LogP contribution in [-0.2, 0) is 9.53 Å². The zero-order chi connectivity index (χ0) is 13.1. The van der Waals surface area contributed by atoms with Crippen LogP contribution in [-0.4, -0.2) is 20.2 Å². The molecule has 0 atom stereocenters. The van der Waals surface area contributed by atoms with Crippen LogP contribution in [0.2, 0.25) is 0 Å². The van der Waals surface area contributed by atoms with Gasteiger partial charge in [-0.25, -0.2) is 0 Å². The maximum Gasteiger partial charge on any atom is 0.305 e. The second kappa shape index (κ2) is 5.91. The molecule has 1 saturated carbocycles. The molecule has 0 spiro atoms. The molecule has 0 bridgehead atoms. The van der Waals surface area contributed by atoms with Gasteiger partial charge >= 0.3 is 5.97 Å². The maximum atomic E-state index is 11.2. The summed E-state index contributed by atoms with van der Waals surface area (Å²) in [5.41, 5.74) is 1.35. The van der Waals surface area contributed by atoms with Gasteiger partial charge in [0.15, 0.2) is 0 Å². The van der Waals surface area contributed by atoms with Crippen LogP contribution in [0.5, 0.6) is 5.75 Å². The highest BCUT2D eigenvalue weighted by Crippen LogP contribution is 2.44.